The lowest BCUT2D eigenvalue weighted by molar-refractivity contribution is 0.198. The van der Waals surface area contributed by atoms with Gasteiger partial charge in [-0.25, -0.2) is 0 Å². The monoisotopic (exact) mass is 276 g/mol. The van der Waals surface area contributed by atoms with Crippen LogP contribution < -0.4 is 9.47 Å². The number of rotatable bonds is 6. The summed E-state index contributed by atoms with van der Waals surface area (Å²) in [5.74, 6) is 1.32. The Morgan fingerprint density at radius 3 is 2.75 bits per heavy atom. The van der Waals surface area contributed by atoms with Crippen LogP contribution in [0.25, 0.3) is 0 Å². The number of ether oxygens (including phenoxy) is 2. The predicted octanol–water partition coefficient (Wildman–Crippen LogP) is 2.10. The minimum absolute atomic E-state index is 0.520. The molecule has 2 aromatic rings. The number of aromatic nitrogens is 2. The summed E-state index contributed by atoms with van der Waals surface area (Å²) in [4.78, 5) is 0. The van der Waals surface area contributed by atoms with Crippen LogP contribution in [0.3, 0.4) is 0 Å². The number of aryl methyl sites for hydroxylation is 1. The Morgan fingerprint density at radius 2 is 2.15 bits per heavy atom. The highest BCUT2D eigenvalue weighted by atomic mass is 16.5. The summed E-state index contributed by atoms with van der Waals surface area (Å²) in [7, 11) is 3.48. The fourth-order valence-corrected chi connectivity index (χ4v) is 1.94. The SMILES string of the molecule is COc1cc([C@@H](C)O)ccc1OCCc1cnn(C)c1. The first-order valence-electron chi connectivity index (χ1n) is 6.56. The van der Waals surface area contributed by atoms with Gasteiger partial charge in [0, 0.05) is 19.7 Å². The van der Waals surface area contributed by atoms with E-state index in [-0.39, 0.29) is 0 Å². The molecule has 2 rings (SSSR count). The average molecular weight is 276 g/mol. The van der Waals surface area contributed by atoms with Crippen molar-refractivity contribution in [2.75, 3.05) is 13.7 Å². The number of hydrogen-bond donors (Lipinski definition) is 1. The third-order valence-corrected chi connectivity index (χ3v) is 3.08. The molecule has 1 aromatic heterocycles. The summed E-state index contributed by atoms with van der Waals surface area (Å²) in [5, 5.41) is 13.7. The molecular weight excluding hydrogens is 256 g/mol. The van der Waals surface area contributed by atoms with Crippen LogP contribution in [-0.4, -0.2) is 28.6 Å². The molecule has 1 heterocycles. The van der Waals surface area contributed by atoms with Crippen molar-refractivity contribution in [3.05, 3.63) is 41.7 Å². The Bertz CT molecular complexity index is 564. The smallest absolute Gasteiger partial charge is 0.161 e. The lowest BCUT2D eigenvalue weighted by Gasteiger charge is -2.13. The van der Waals surface area contributed by atoms with Crippen molar-refractivity contribution in [1.29, 1.82) is 0 Å². The van der Waals surface area contributed by atoms with Crippen molar-refractivity contribution in [2.45, 2.75) is 19.4 Å². The van der Waals surface area contributed by atoms with Crippen molar-refractivity contribution in [2.24, 2.45) is 7.05 Å². The number of methoxy groups -OCH3 is 1. The van der Waals surface area contributed by atoms with E-state index in [1.165, 1.54) is 0 Å². The van der Waals surface area contributed by atoms with Crippen LogP contribution in [0.4, 0.5) is 0 Å². The van der Waals surface area contributed by atoms with Crippen molar-refractivity contribution in [1.82, 2.24) is 9.78 Å². The average Bonchev–Trinajstić information content (AvgIpc) is 2.84. The minimum atomic E-state index is -0.520. The van der Waals surface area contributed by atoms with Crippen molar-refractivity contribution >= 4 is 0 Å². The van der Waals surface area contributed by atoms with E-state index in [0.29, 0.717) is 18.1 Å². The van der Waals surface area contributed by atoms with Gasteiger partial charge in [0.05, 0.1) is 26.0 Å². The van der Waals surface area contributed by atoms with Gasteiger partial charge in [-0.15, -0.1) is 0 Å². The Balaban J connectivity index is 1.98. The molecule has 5 heteroatoms. The maximum Gasteiger partial charge on any atom is 0.161 e. The number of benzene rings is 1. The molecule has 0 radical (unpaired) electrons. The Hall–Kier alpha value is -2.01. The van der Waals surface area contributed by atoms with Gasteiger partial charge in [-0.1, -0.05) is 6.07 Å². The second-order valence-electron chi connectivity index (χ2n) is 4.71. The van der Waals surface area contributed by atoms with Gasteiger partial charge in [-0.05, 0) is 30.2 Å². The molecule has 0 aliphatic heterocycles. The maximum absolute atomic E-state index is 9.56. The summed E-state index contributed by atoms with van der Waals surface area (Å²) >= 11 is 0. The third-order valence-electron chi connectivity index (χ3n) is 3.08. The van der Waals surface area contributed by atoms with Gasteiger partial charge in [-0.3, -0.25) is 4.68 Å². The molecule has 5 nitrogen and oxygen atoms in total. The lowest BCUT2D eigenvalue weighted by atomic mass is 10.1. The second-order valence-corrected chi connectivity index (χ2v) is 4.71. The Kier molecular flexibility index (Phi) is 4.63. The summed E-state index contributed by atoms with van der Waals surface area (Å²) < 4.78 is 12.8. The van der Waals surface area contributed by atoms with E-state index >= 15 is 0 Å². The van der Waals surface area contributed by atoms with Gasteiger partial charge in [-0.2, -0.15) is 5.10 Å². The van der Waals surface area contributed by atoms with Gasteiger partial charge in [0.1, 0.15) is 0 Å². The molecule has 1 N–H and O–H groups in total. The van der Waals surface area contributed by atoms with Gasteiger partial charge in [0.2, 0.25) is 0 Å². The molecule has 0 spiro atoms. The molecule has 108 valence electrons. The largest absolute Gasteiger partial charge is 0.493 e. The zero-order valence-electron chi connectivity index (χ0n) is 12.0. The normalized spacial score (nSPS) is 12.2. The van der Waals surface area contributed by atoms with E-state index in [1.807, 2.05) is 31.6 Å². The summed E-state index contributed by atoms with van der Waals surface area (Å²) in [6, 6.07) is 5.46. The quantitative estimate of drug-likeness (QED) is 0.878. The fourth-order valence-electron chi connectivity index (χ4n) is 1.94. The van der Waals surface area contributed by atoms with Crippen LogP contribution in [-0.2, 0) is 13.5 Å². The fraction of sp³-hybridized carbons (Fsp3) is 0.400. The number of aliphatic hydroxyl groups is 1. The molecular formula is C15H20N2O3. The molecule has 0 aliphatic carbocycles. The molecule has 0 fully saturated rings. The van der Waals surface area contributed by atoms with Crippen LogP contribution in [0, 0.1) is 0 Å². The first-order chi connectivity index (χ1) is 9.60. The van der Waals surface area contributed by atoms with E-state index in [2.05, 4.69) is 5.10 Å². The molecule has 1 atom stereocenters. The number of aliphatic hydroxyl groups excluding tert-OH is 1. The first-order valence-corrected chi connectivity index (χ1v) is 6.56. The predicted molar refractivity (Wildman–Crippen MR) is 76.0 cm³/mol. The van der Waals surface area contributed by atoms with E-state index < -0.39 is 6.10 Å². The van der Waals surface area contributed by atoms with Gasteiger partial charge >= 0.3 is 0 Å². The topological polar surface area (TPSA) is 56.5 Å². The number of nitrogens with zero attached hydrogens (tertiary/aromatic N) is 2. The molecule has 20 heavy (non-hydrogen) atoms. The summed E-state index contributed by atoms with van der Waals surface area (Å²) in [5.41, 5.74) is 1.94. The zero-order chi connectivity index (χ0) is 14.5. The van der Waals surface area contributed by atoms with E-state index in [9.17, 15) is 5.11 Å². The van der Waals surface area contributed by atoms with Crippen molar-refractivity contribution in [3.8, 4) is 11.5 Å². The maximum atomic E-state index is 9.56. The van der Waals surface area contributed by atoms with E-state index in [0.717, 1.165) is 17.5 Å². The Labute approximate surface area is 118 Å². The molecule has 0 saturated carbocycles. The molecule has 0 aliphatic rings. The van der Waals surface area contributed by atoms with Crippen LogP contribution >= 0.6 is 0 Å². The van der Waals surface area contributed by atoms with Crippen LogP contribution in [0.1, 0.15) is 24.2 Å². The molecule has 0 saturated heterocycles. The molecule has 0 unspecified atom stereocenters. The number of hydrogen-bond acceptors (Lipinski definition) is 4. The summed E-state index contributed by atoms with van der Waals surface area (Å²) in [6.45, 7) is 2.27. The lowest BCUT2D eigenvalue weighted by Crippen LogP contribution is -2.03. The van der Waals surface area contributed by atoms with Crippen molar-refractivity contribution in [3.63, 3.8) is 0 Å². The highest BCUT2D eigenvalue weighted by Gasteiger charge is 2.09. The second kappa shape index (κ2) is 6.43. The van der Waals surface area contributed by atoms with Crippen LogP contribution in [0.15, 0.2) is 30.6 Å². The zero-order valence-corrected chi connectivity index (χ0v) is 12.0. The van der Waals surface area contributed by atoms with E-state index in [4.69, 9.17) is 9.47 Å². The van der Waals surface area contributed by atoms with Crippen LogP contribution in [0.5, 0.6) is 11.5 Å². The van der Waals surface area contributed by atoms with Gasteiger partial charge in [0.25, 0.3) is 0 Å². The van der Waals surface area contributed by atoms with Gasteiger partial charge in [0.15, 0.2) is 11.5 Å². The Morgan fingerprint density at radius 1 is 1.35 bits per heavy atom. The first kappa shape index (κ1) is 14.4. The molecule has 0 bridgehead atoms. The minimum Gasteiger partial charge on any atom is -0.493 e. The van der Waals surface area contributed by atoms with E-state index in [1.54, 1.807) is 24.8 Å². The van der Waals surface area contributed by atoms with Crippen LogP contribution in [0.2, 0.25) is 0 Å². The highest BCUT2D eigenvalue weighted by molar-refractivity contribution is 5.43. The molecule has 1 aromatic carbocycles. The standard InChI is InChI=1S/C15H20N2O3/c1-11(18)13-4-5-14(15(8-13)19-3)20-7-6-12-9-16-17(2)10-12/h4-5,8-11,18H,6-7H2,1-3H3/t11-/m1/s1. The highest BCUT2D eigenvalue weighted by Crippen LogP contribution is 2.30. The van der Waals surface area contributed by atoms with Gasteiger partial charge < -0.3 is 14.6 Å². The third kappa shape index (κ3) is 3.51. The summed E-state index contributed by atoms with van der Waals surface area (Å²) in [6.07, 6.45) is 4.07. The van der Waals surface area contributed by atoms with Crippen molar-refractivity contribution < 1.29 is 14.6 Å². The molecule has 0 amide bonds.